The van der Waals surface area contributed by atoms with E-state index in [1.54, 1.807) is 0 Å². The molecule has 0 spiro atoms. The van der Waals surface area contributed by atoms with Crippen molar-refractivity contribution in [3.05, 3.63) is 60.7 Å². The first-order valence-electron chi connectivity index (χ1n) is 8.90. The number of hydrogen-bond acceptors (Lipinski definition) is 2. The van der Waals surface area contributed by atoms with E-state index in [1.165, 1.54) is 10.4 Å². The lowest BCUT2D eigenvalue weighted by Gasteiger charge is -2.44. The van der Waals surface area contributed by atoms with E-state index in [9.17, 15) is 5.11 Å². The molecule has 0 amide bonds. The predicted molar refractivity (Wildman–Crippen MR) is 102 cm³/mol. The Morgan fingerprint density at radius 3 is 1.75 bits per heavy atom. The van der Waals surface area contributed by atoms with Crippen LogP contribution in [-0.2, 0) is 4.43 Å². The quantitative estimate of drug-likeness (QED) is 0.864. The molecular weight excluding hydrogens is 312 g/mol. The van der Waals surface area contributed by atoms with E-state index in [1.807, 2.05) is 0 Å². The molecule has 3 heteroatoms. The lowest BCUT2D eigenvalue weighted by Crippen LogP contribution is -2.67. The minimum atomic E-state index is -2.46. The van der Waals surface area contributed by atoms with Crippen LogP contribution in [0.3, 0.4) is 0 Å². The number of benzene rings is 2. The van der Waals surface area contributed by atoms with Gasteiger partial charge in [0.2, 0.25) is 0 Å². The molecule has 3 rings (SSSR count). The van der Waals surface area contributed by atoms with Gasteiger partial charge in [0.15, 0.2) is 0 Å². The first kappa shape index (κ1) is 17.4. The molecule has 0 aliphatic heterocycles. The number of rotatable bonds is 4. The molecule has 1 aliphatic rings. The second-order valence-electron chi connectivity index (χ2n) is 7.87. The van der Waals surface area contributed by atoms with Crippen molar-refractivity contribution in [3.63, 3.8) is 0 Å². The fourth-order valence-electron chi connectivity index (χ4n) is 3.97. The molecule has 24 heavy (non-hydrogen) atoms. The molecule has 2 atom stereocenters. The van der Waals surface area contributed by atoms with Crippen molar-refractivity contribution < 1.29 is 9.53 Å². The maximum absolute atomic E-state index is 9.98. The minimum absolute atomic E-state index is 0.00322. The third-order valence-electron chi connectivity index (χ3n) is 5.12. The average molecular weight is 341 g/mol. The first-order valence-corrected chi connectivity index (χ1v) is 10.8. The van der Waals surface area contributed by atoms with Gasteiger partial charge in [-0.05, 0) is 34.7 Å². The van der Waals surface area contributed by atoms with Crippen molar-refractivity contribution >= 4 is 18.7 Å². The Bertz CT molecular complexity index is 609. The fraction of sp³-hybridized carbons (Fsp3) is 0.429. The van der Waals surface area contributed by atoms with Gasteiger partial charge in [0.25, 0.3) is 8.32 Å². The first-order chi connectivity index (χ1) is 11.4. The molecule has 2 nitrogen and oxygen atoms in total. The molecule has 2 aromatic rings. The molecule has 2 aromatic carbocycles. The third kappa shape index (κ3) is 3.21. The molecule has 0 aromatic heterocycles. The van der Waals surface area contributed by atoms with Crippen molar-refractivity contribution in [2.45, 2.75) is 57.3 Å². The van der Waals surface area contributed by atoms with Gasteiger partial charge < -0.3 is 9.53 Å². The molecule has 1 aliphatic carbocycles. The highest BCUT2D eigenvalue weighted by atomic mass is 28.4. The van der Waals surface area contributed by atoms with E-state index in [0.29, 0.717) is 0 Å². The van der Waals surface area contributed by atoms with E-state index >= 15 is 0 Å². The van der Waals surface area contributed by atoms with Gasteiger partial charge in [0.1, 0.15) is 0 Å². The van der Waals surface area contributed by atoms with Crippen molar-refractivity contribution in [1.29, 1.82) is 0 Å². The Balaban J connectivity index is 2.14. The maximum Gasteiger partial charge on any atom is 0.261 e. The van der Waals surface area contributed by atoms with Gasteiger partial charge in [-0.2, -0.15) is 0 Å². The highest BCUT2D eigenvalue weighted by Crippen LogP contribution is 2.39. The molecule has 128 valence electrons. The Hall–Kier alpha value is -1.42. The standard InChI is InChI=1S/C21H28O2Si/c1-21(2,3)24(19-10-6-4-7-11-19,20-12-8-5-9-13-20)23-18-15-14-17(22)16-18/h4-13,17-18,22H,14-16H2,1-3H3/t17-,18-/m1/s1. The number of hydrogen-bond donors (Lipinski definition) is 1. The van der Waals surface area contributed by atoms with E-state index < -0.39 is 8.32 Å². The molecule has 1 N–H and O–H groups in total. The summed E-state index contributed by atoms with van der Waals surface area (Å²) in [4.78, 5) is 0. The maximum atomic E-state index is 9.98. The summed E-state index contributed by atoms with van der Waals surface area (Å²) in [5, 5.41) is 12.6. The monoisotopic (exact) mass is 340 g/mol. The van der Waals surface area contributed by atoms with Crippen LogP contribution >= 0.6 is 0 Å². The fourth-order valence-corrected chi connectivity index (χ4v) is 8.69. The highest BCUT2D eigenvalue weighted by molar-refractivity contribution is 6.99. The van der Waals surface area contributed by atoms with Crippen molar-refractivity contribution in [2.24, 2.45) is 0 Å². The van der Waals surface area contributed by atoms with Crippen LogP contribution in [0.15, 0.2) is 60.7 Å². The van der Waals surface area contributed by atoms with E-state index in [4.69, 9.17) is 4.43 Å². The lowest BCUT2D eigenvalue weighted by molar-refractivity contribution is 0.144. The van der Waals surface area contributed by atoms with Crippen molar-refractivity contribution in [2.75, 3.05) is 0 Å². The summed E-state index contributed by atoms with van der Waals surface area (Å²) >= 11 is 0. The van der Waals surface area contributed by atoms with Crippen LogP contribution in [-0.4, -0.2) is 25.6 Å². The lowest BCUT2D eigenvalue weighted by atomic mass is 10.2. The second-order valence-corrected chi connectivity index (χ2v) is 12.1. The summed E-state index contributed by atoms with van der Waals surface area (Å²) in [5.41, 5.74) is 0. The Kier molecular flexibility index (Phi) is 4.95. The molecule has 1 saturated carbocycles. The van der Waals surface area contributed by atoms with Crippen LogP contribution in [0.2, 0.25) is 5.04 Å². The summed E-state index contributed by atoms with van der Waals surface area (Å²) in [6, 6.07) is 21.4. The number of aliphatic hydroxyl groups is 1. The Morgan fingerprint density at radius 1 is 0.875 bits per heavy atom. The van der Waals surface area contributed by atoms with Crippen LogP contribution in [0.4, 0.5) is 0 Å². The van der Waals surface area contributed by atoms with Gasteiger partial charge in [0.05, 0.1) is 6.10 Å². The summed E-state index contributed by atoms with van der Waals surface area (Å²) in [6.45, 7) is 6.89. The van der Waals surface area contributed by atoms with Gasteiger partial charge in [-0.3, -0.25) is 0 Å². The van der Waals surface area contributed by atoms with Crippen LogP contribution in [0.25, 0.3) is 0 Å². The zero-order valence-corrected chi connectivity index (χ0v) is 15.9. The van der Waals surface area contributed by atoms with Gasteiger partial charge in [-0.1, -0.05) is 81.4 Å². The molecular formula is C21H28O2Si. The second kappa shape index (κ2) is 6.83. The van der Waals surface area contributed by atoms with Gasteiger partial charge in [-0.25, -0.2) is 0 Å². The predicted octanol–water partition coefficient (Wildman–Crippen LogP) is 3.48. The topological polar surface area (TPSA) is 29.5 Å². The normalized spacial score (nSPS) is 21.8. The largest absolute Gasteiger partial charge is 0.404 e. The minimum Gasteiger partial charge on any atom is -0.404 e. The summed E-state index contributed by atoms with van der Waals surface area (Å²) < 4.78 is 6.98. The smallest absolute Gasteiger partial charge is 0.261 e. The molecule has 1 fully saturated rings. The molecule has 0 heterocycles. The van der Waals surface area contributed by atoms with Gasteiger partial charge >= 0.3 is 0 Å². The number of aliphatic hydroxyl groups excluding tert-OH is 1. The summed E-state index contributed by atoms with van der Waals surface area (Å²) in [6.07, 6.45) is 2.48. The van der Waals surface area contributed by atoms with E-state index in [0.717, 1.165) is 19.3 Å². The summed E-state index contributed by atoms with van der Waals surface area (Å²) in [7, 11) is -2.46. The molecule has 0 bridgehead atoms. The van der Waals surface area contributed by atoms with E-state index in [-0.39, 0.29) is 17.2 Å². The molecule has 0 radical (unpaired) electrons. The third-order valence-corrected chi connectivity index (χ3v) is 10.2. The van der Waals surface area contributed by atoms with Crippen molar-refractivity contribution in [1.82, 2.24) is 0 Å². The Labute approximate surface area is 146 Å². The van der Waals surface area contributed by atoms with Crippen LogP contribution in [0.5, 0.6) is 0 Å². The zero-order chi connectivity index (χ0) is 17.2. The SMILES string of the molecule is CC(C)(C)[Si](O[C@@H]1CC[C@@H](O)C1)(c1ccccc1)c1ccccc1. The van der Waals surface area contributed by atoms with E-state index in [2.05, 4.69) is 81.4 Å². The summed E-state index contributed by atoms with van der Waals surface area (Å²) in [5.74, 6) is 0. The van der Waals surface area contributed by atoms with Crippen LogP contribution < -0.4 is 10.4 Å². The van der Waals surface area contributed by atoms with Gasteiger partial charge in [-0.15, -0.1) is 0 Å². The van der Waals surface area contributed by atoms with Crippen LogP contribution in [0, 0.1) is 0 Å². The highest BCUT2D eigenvalue weighted by Gasteiger charge is 2.51. The molecule has 0 saturated heterocycles. The zero-order valence-electron chi connectivity index (χ0n) is 14.9. The average Bonchev–Trinajstić information content (AvgIpc) is 2.98. The Morgan fingerprint density at radius 2 is 1.38 bits per heavy atom. The van der Waals surface area contributed by atoms with Crippen molar-refractivity contribution in [3.8, 4) is 0 Å². The van der Waals surface area contributed by atoms with Crippen LogP contribution in [0.1, 0.15) is 40.0 Å². The molecule has 0 unspecified atom stereocenters. The van der Waals surface area contributed by atoms with Gasteiger partial charge in [0, 0.05) is 6.10 Å².